The number of hydrazone groups is 1. The number of carbonyl (C=O) groups excluding carboxylic acids is 1. The fourth-order valence-corrected chi connectivity index (χ4v) is 7.19. The molecule has 0 radical (unpaired) electrons. The Balaban J connectivity index is 1.21. The molecule has 0 bridgehead atoms. The van der Waals surface area contributed by atoms with Gasteiger partial charge in [0, 0.05) is 53.1 Å². The minimum Gasteiger partial charge on any atom is -0.610 e. The number of amides is 1. The molecule has 298 valence electrons. The van der Waals surface area contributed by atoms with Crippen molar-refractivity contribution in [3.63, 3.8) is 0 Å². The molecule has 0 spiro atoms. The van der Waals surface area contributed by atoms with Crippen LogP contribution in [0, 0.1) is 5.21 Å². The Kier molecular flexibility index (Phi) is 14.9. The first-order chi connectivity index (χ1) is 26.3. The number of halogens is 4. The zero-order valence-electron chi connectivity index (χ0n) is 30.6. The van der Waals surface area contributed by atoms with E-state index in [1.165, 1.54) is 12.3 Å². The van der Waals surface area contributed by atoms with Gasteiger partial charge < -0.3 is 25.6 Å². The summed E-state index contributed by atoms with van der Waals surface area (Å²) in [6, 6.07) is 15.6. The first-order valence-corrected chi connectivity index (χ1v) is 19.2. The number of hydroxylamine groups is 2. The van der Waals surface area contributed by atoms with Gasteiger partial charge in [0.05, 0.1) is 16.6 Å². The van der Waals surface area contributed by atoms with E-state index in [9.17, 15) is 33.1 Å². The molecule has 7 N–H and O–H groups in total. The maximum atomic E-state index is 13.6. The molecule has 1 amide bonds. The van der Waals surface area contributed by atoms with Crippen molar-refractivity contribution in [3.05, 3.63) is 98.7 Å². The molecule has 3 unspecified atom stereocenters. The predicted molar refractivity (Wildman–Crippen MR) is 204 cm³/mol. The molecule has 3 aromatic rings. The van der Waals surface area contributed by atoms with Crippen LogP contribution >= 0.6 is 11.6 Å². The fourth-order valence-electron chi connectivity index (χ4n) is 6.97. The first kappa shape index (κ1) is 41.9. The van der Waals surface area contributed by atoms with Crippen LogP contribution in [0.5, 0.6) is 0 Å². The van der Waals surface area contributed by atoms with Crippen LogP contribution in [0.2, 0.25) is 5.02 Å². The molecule has 3 aromatic carbocycles. The van der Waals surface area contributed by atoms with Crippen LogP contribution in [-0.4, -0.2) is 58.7 Å². The van der Waals surface area contributed by atoms with Gasteiger partial charge in [0.25, 0.3) is 5.91 Å². The minimum absolute atomic E-state index is 0.00185. The molecule has 2 heterocycles. The molecular weight excluding hydrogens is 739 g/mol. The summed E-state index contributed by atoms with van der Waals surface area (Å²) in [6.07, 6.45) is 5.06. The molecule has 2 saturated heterocycles. The highest BCUT2D eigenvalue weighted by atomic mass is 35.5. The SMILES string of the molecule is O=C(O)CCCCCCCCC1C[N+]([O-])(Cc2cccc(C(=O)Nc3ccc(N4CCCCC4)cc3C(O)N[NH+]=Cc3ccc(Cl)c(C(F)(F)F)c3)c2)NN1. The number of carbonyl (C=O) groups is 2. The van der Waals surface area contributed by atoms with E-state index in [0.29, 0.717) is 35.3 Å². The number of rotatable bonds is 18. The summed E-state index contributed by atoms with van der Waals surface area (Å²) in [4.78, 5) is 26.4. The highest BCUT2D eigenvalue weighted by Crippen LogP contribution is 2.35. The Morgan fingerprint density at radius 3 is 2.51 bits per heavy atom. The van der Waals surface area contributed by atoms with E-state index in [1.54, 1.807) is 36.4 Å². The van der Waals surface area contributed by atoms with Gasteiger partial charge in [-0.1, -0.05) is 61.4 Å². The van der Waals surface area contributed by atoms with Gasteiger partial charge in [-0.3, -0.25) is 14.3 Å². The standard InChI is InChI=1S/C39H49ClF3N7O5/c40-34-17-15-27(22-33(34)39(41,42)43)24-44-47-38(54)32-23-31(49-19-8-5-9-20-49)16-18-35(32)45-37(53)29-12-10-11-28(21-29)25-50(55)26-30(46-48-50)13-6-3-1-2-4-7-14-36(51)52/h10-12,15-18,21-24,30,38,46-48,54H,1-9,13-14,19-20,25-26H2,(H,45,53)(H,51,52)/p+1. The molecule has 12 nitrogen and oxygen atoms in total. The molecule has 5 rings (SSSR count). The lowest BCUT2D eigenvalue weighted by Gasteiger charge is -2.36. The second-order valence-corrected chi connectivity index (χ2v) is 14.7. The molecule has 2 fully saturated rings. The number of aliphatic carboxylic acids is 1. The zero-order valence-corrected chi connectivity index (χ0v) is 31.4. The third kappa shape index (κ3) is 12.6. The van der Waals surface area contributed by atoms with Gasteiger partial charge in [0.2, 0.25) is 6.23 Å². The van der Waals surface area contributed by atoms with Crippen molar-refractivity contribution in [1.29, 1.82) is 0 Å². The number of quaternary nitrogens is 1. The number of carboxylic acids is 1. The van der Waals surface area contributed by atoms with E-state index in [-0.39, 0.29) is 24.6 Å². The van der Waals surface area contributed by atoms with Crippen molar-refractivity contribution < 1.29 is 42.8 Å². The molecule has 55 heavy (non-hydrogen) atoms. The van der Waals surface area contributed by atoms with Gasteiger partial charge in [0.15, 0.2) is 6.21 Å². The maximum Gasteiger partial charge on any atom is 0.417 e. The number of carboxylic acid groups (broad SMARTS) is 1. The number of alkyl halides is 3. The maximum absolute atomic E-state index is 13.6. The number of aliphatic hydroxyl groups excluding tert-OH is 1. The van der Waals surface area contributed by atoms with Crippen molar-refractivity contribution in [3.8, 4) is 0 Å². The topological polar surface area (TPSA) is 163 Å². The summed E-state index contributed by atoms with van der Waals surface area (Å²) in [6.45, 7) is 2.09. The number of hydrogen-bond donors (Lipinski definition) is 7. The minimum atomic E-state index is -4.63. The summed E-state index contributed by atoms with van der Waals surface area (Å²) < 4.78 is 39.4. The van der Waals surface area contributed by atoms with Crippen LogP contribution in [0.4, 0.5) is 24.5 Å². The van der Waals surface area contributed by atoms with Gasteiger partial charge in [-0.25, -0.2) is 5.43 Å². The molecule has 0 saturated carbocycles. The Labute approximate surface area is 323 Å². The van der Waals surface area contributed by atoms with E-state index < -0.39 is 39.6 Å². The molecule has 0 aliphatic carbocycles. The Morgan fingerprint density at radius 2 is 1.76 bits per heavy atom. The van der Waals surface area contributed by atoms with Crippen LogP contribution in [-0.2, 0) is 17.5 Å². The Morgan fingerprint density at radius 1 is 1.02 bits per heavy atom. The predicted octanol–water partition coefficient (Wildman–Crippen LogP) is 5.71. The molecule has 3 atom stereocenters. The average molecular weight is 789 g/mol. The van der Waals surface area contributed by atoms with E-state index in [4.69, 9.17) is 16.7 Å². The quantitative estimate of drug-likeness (QED) is 0.0214. The van der Waals surface area contributed by atoms with E-state index in [0.717, 1.165) is 88.7 Å². The summed E-state index contributed by atoms with van der Waals surface area (Å²) in [5.74, 6) is -1.21. The molecule has 2 aliphatic heterocycles. The first-order valence-electron chi connectivity index (χ1n) is 18.8. The Hall–Kier alpha value is -4.25. The van der Waals surface area contributed by atoms with Gasteiger partial charge in [0.1, 0.15) is 13.1 Å². The number of aliphatic hydroxyl groups is 1. The second kappa shape index (κ2) is 19.6. The zero-order chi connectivity index (χ0) is 39.4. The number of hydrazine groups is 2. The van der Waals surface area contributed by atoms with E-state index in [2.05, 4.69) is 31.7 Å². The number of nitrogens with zero attached hydrogens (tertiary/aromatic N) is 2. The summed E-state index contributed by atoms with van der Waals surface area (Å²) in [5, 5.41) is 38.7. The van der Waals surface area contributed by atoms with Crippen molar-refractivity contribution in [2.24, 2.45) is 0 Å². The number of nitrogens with one attached hydrogen (secondary N) is 5. The Bertz CT molecular complexity index is 1790. The number of unbranched alkanes of at least 4 members (excludes halogenated alkanes) is 5. The average Bonchev–Trinajstić information content (AvgIpc) is 3.52. The lowest BCUT2D eigenvalue weighted by molar-refractivity contribution is -0.927. The van der Waals surface area contributed by atoms with E-state index >= 15 is 0 Å². The third-order valence-corrected chi connectivity index (χ3v) is 10.2. The van der Waals surface area contributed by atoms with Crippen LogP contribution in [0.1, 0.15) is 109 Å². The van der Waals surface area contributed by atoms with Crippen LogP contribution < -0.4 is 31.7 Å². The molecular formula is C39H50ClF3N7O5+. The summed E-state index contributed by atoms with van der Waals surface area (Å²) in [7, 11) is 0. The van der Waals surface area contributed by atoms with Crippen LogP contribution in [0.15, 0.2) is 60.7 Å². The monoisotopic (exact) mass is 788 g/mol. The van der Waals surface area contributed by atoms with Gasteiger partial charge in [-0.05, 0) is 80.6 Å². The van der Waals surface area contributed by atoms with Crippen molar-refractivity contribution >= 4 is 41.1 Å². The van der Waals surface area contributed by atoms with Gasteiger partial charge in [-0.2, -0.15) is 18.6 Å². The number of anilines is 2. The number of piperidine rings is 1. The van der Waals surface area contributed by atoms with Crippen molar-refractivity contribution in [2.45, 2.75) is 95.6 Å². The van der Waals surface area contributed by atoms with Crippen molar-refractivity contribution in [2.75, 3.05) is 29.9 Å². The van der Waals surface area contributed by atoms with Crippen LogP contribution in [0.25, 0.3) is 0 Å². The van der Waals surface area contributed by atoms with E-state index in [1.807, 2.05) is 6.07 Å². The largest absolute Gasteiger partial charge is 0.610 e. The highest BCUT2D eigenvalue weighted by Gasteiger charge is 2.34. The van der Waals surface area contributed by atoms with Gasteiger partial charge >= 0.3 is 12.1 Å². The molecule has 16 heteroatoms. The second-order valence-electron chi connectivity index (χ2n) is 14.3. The smallest absolute Gasteiger partial charge is 0.417 e. The van der Waals surface area contributed by atoms with Gasteiger partial charge in [-0.15, -0.1) is 5.10 Å². The number of benzene rings is 3. The lowest BCUT2D eigenvalue weighted by Crippen LogP contribution is -2.80. The molecule has 2 aliphatic rings. The van der Waals surface area contributed by atoms with Crippen molar-refractivity contribution in [1.82, 2.24) is 16.4 Å². The lowest BCUT2D eigenvalue weighted by atomic mass is 10.0. The summed E-state index contributed by atoms with van der Waals surface area (Å²) in [5.41, 5.74) is 10.4. The number of hydrogen-bond acceptors (Lipinski definition) is 8. The fraction of sp³-hybridized carbons (Fsp3) is 0.462. The van der Waals surface area contributed by atoms with Crippen LogP contribution in [0.3, 0.4) is 0 Å². The molecule has 0 aromatic heterocycles. The summed E-state index contributed by atoms with van der Waals surface area (Å²) >= 11 is 5.75. The third-order valence-electron chi connectivity index (χ3n) is 9.86. The normalized spacial score (nSPS) is 19.5. The highest BCUT2D eigenvalue weighted by molar-refractivity contribution is 6.31.